The van der Waals surface area contributed by atoms with E-state index in [-0.39, 0.29) is 30.6 Å². The molecule has 0 radical (unpaired) electrons. The summed E-state index contributed by atoms with van der Waals surface area (Å²) in [5.74, 6) is 0. The molecule has 0 spiro atoms. The fourth-order valence-electron chi connectivity index (χ4n) is 0.642. The van der Waals surface area contributed by atoms with Crippen LogP contribution in [0.25, 0.3) is 0 Å². The topological polar surface area (TPSA) is 0 Å². The molecule has 21 heavy (non-hydrogen) atoms. The van der Waals surface area contributed by atoms with Gasteiger partial charge >= 0.3 is 0 Å². The fraction of sp³-hybridized carbons (Fsp3) is 0.444. The Balaban J connectivity index is -0.000000202. The Bertz CT molecular complexity index is 266. The van der Waals surface area contributed by atoms with Gasteiger partial charge in [-0.15, -0.1) is 0 Å². The molecule has 2 aromatic carbocycles. The smallest absolute Gasteiger partial charge is 0 e. The minimum absolute atomic E-state index is 0. The maximum absolute atomic E-state index is 4.83. The molecule has 0 saturated carbocycles. The quantitative estimate of drug-likeness (QED) is 0.324. The molecular weight excluding hydrogens is 376 g/mol. The van der Waals surface area contributed by atoms with E-state index in [4.69, 9.17) is 25.3 Å². The van der Waals surface area contributed by atoms with Gasteiger partial charge in [0.05, 0.1) is 0 Å². The van der Waals surface area contributed by atoms with Gasteiger partial charge in [0.15, 0.2) is 0 Å². The van der Waals surface area contributed by atoms with E-state index in [9.17, 15) is 0 Å². The number of hydrogen-bond donors (Lipinski definition) is 0. The van der Waals surface area contributed by atoms with Gasteiger partial charge in [-0.05, 0) is 0 Å². The zero-order chi connectivity index (χ0) is 16.1. The predicted molar refractivity (Wildman–Crippen MR) is 98.3 cm³/mol. The largest absolute Gasteiger partial charge is 0.787 e. The summed E-state index contributed by atoms with van der Waals surface area (Å²) in [6.07, 6.45) is 0. The monoisotopic (exact) mass is 406 g/mol. The first-order valence-electron chi connectivity index (χ1n) is 6.74. The second-order valence-corrected chi connectivity index (χ2v) is 8.60. The Morgan fingerprint density at radius 2 is 0.714 bits per heavy atom. The van der Waals surface area contributed by atoms with Crippen molar-refractivity contribution >= 4 is 25.3 Å². The maximum Gasteiger partial charge on any atom is 0 e. The van der Waals surface area contributed by atoms with Gasteiger partial charge in [-0.1, -0.05) is 41.5 Å². The van der Waals surface area contributed by atoms with Crippen LogP contribution < -0.4 is 0 Å². The van der Waals surface area contributed by atoms with Gasteiger partial charge in [-0.3, -0.25) is 0 Å². The van der Waals surface area contributed by atoms with E-state index >= 15 is 0 Å². The van der Waals surface area contributed by atoms with Crippen LogP contribution in [-0.4, -0.2) is 9.49 Å². The molecule has 0 aliphatic heterocycles. The Labute approximate surface area is 157 Å². The second-order valence-electron chi connectivity index (χ2n) is 6.15. The molecule has 0 saturated heterocycles. The molecule has 0 amide bonds. The van der Waals surface area contributed by atoms with E-state index in [2.05, 4.69) is 0 Å². The van der Waals surface area contributed by atoms with Crippen LogP contribution in [0.5, 0.6) is 0 Å². The molecule has 0 aromatic heterocycles. The van der Waals surface area contributed by atoms with E-state index in [0.717, 1.165) is 0 Å². The molecule has 122 valence electrons. The van der Waals surface area contributed by atoms with E-state index in [1.54, 1.807) is 0 Å². The molecule has 0 atom stereocenters. The van der Waals surface area contributed by atoms with Crippen LogP contribution in [-0.2, 0) is 46.3 Å². The van der Waals surface area contributed by atoms with Crippen molar-refractivity contribution in [2.24, 2.45) is 0 Å². The van der Waals surface area contributed by atoms with Crippen LogP contribution >= 0.6 is 0 Å². The van der Waals surface area contributed by atoms with Crippen LogP contribution in [0, 0.1) is 0 Å². The standard InChI is InChI=1S/2C5H5.2C4H10S.Mo/c2*1-2-4-5-3-1;2*1-4(2,3)5;/h2*1-5H;2*5H,1-3H3;/q2*-1;;;/p-2. The fourth-order valence-corrected chi connectivity index (χ4v) is 0.642. The SMILES string of the molecule is CC(C)(C)[S-].CC(C)(C)[S-].[Mo].c1cc[cH-]c1.c1cc[cH-]c1. The van der Waals surface area contributed by atoms with Crippen molar-refractivity contribution in [1.29, 1.82) is 0 Å². The molecule has 0 unspecified atom stereocenters. The first-order valence-corrected chi connectivity index (χ1v) is 7.56. The van der Waals surface area contributed by atoms with Crippen molar-refractivity contribution < 1.29 is 21.1 Å². The normalized spacial score (nSPS) is 9.52. The van der Waals surface area contributed by atoms with Crippen molar-refractivity contribution in [3.05, 3.63) is 60.7 Å². The van der Waals surface area contributed by atoms with E-state index in [1.807, 2.05) is 102 Å². The molecule has 0 nitrogen and oxygen atoms in total. The first kappa shape index (κ1) is 26.0. The molecule has 0 heterocycles. The summed E-state index contributed by atoms with van der Waals surface area (Å²) in [5.41, 5.74) is 0. The molecule has 0 bridgehead atoms. The van der Waals surface area contributed by atoms with Crippen molar-refractivity contribution in [3.63, 3.8) is 0 Å². The van der Waals surface area contributed by atoms with Gasteiger partial charge in [0.2, 0.25) is 0 Å². The van der Waals surface area contributed by atoms with Crippen LogP contribution in [0.15, 0.2) is 60.7 Å². The molecule has 0 aliphatic carbocycles. The van der Waals surface area contributed by atoms with Crippen LogP contribution in [0.4, 0.5) is 0 Å². The summed E-state index contributed by atoms with van der Waals surface area (Å²) in [7, 11) is 0. The van der Waals surface area contributed by atoms with E-state index in [0.29, 0.717) is 0 Å². The third-order valence-corrected chi connectivity index (χ3v) is 1.11. The molecule has 2 rings (SSSR count). The number of rotatable bonds is 0. The first-order chi connectivity index (χ1) is 9.00. The van der Waals surface area contributed by atoms with Gasteiger partial charge in [0.1, 0.15) is 0 Å². The molecule has 0 aliphatic rings. The average Bonchev–Trinajstić information content (AvgIpc) is 2.92. The summed E-state index contributed by atoms with van der Waals surface area (Å²) in [5, 5.41) is 0. The number of hydrogen-bond acceptors (Lipinski definition) is 2. The summed E-state index contributed by atoms with van der Waals surface area (Å²) in [4.78, 5) is 0. The molecular formula is C18H28MoS2-4. The molecule has 2 aromatic rings. The minimum Gasteiger partial charge on any atom is -0.787 e. The zero-order valence-corrected chi connectivity index (χ0v) is 17.6. The van der Waals surface area contributed by atoms with Crippen molar-refractivity contribution in [2.75, 3.05) is 0 Å². The molecule has 3 heteroatoms. The Morgan fingerprint density at radius 1 is 0.571 bits per heavy atom. The molecule has 0 fully saturated rings. The van der Waals surface area contributed by atoms with Gasteiger partial charge in [0, 0.05) is 21.1 Å². The summed E-state index contributed by atoms with van der Waals surface area (Å²) >= 11 is 9.65. The zero-order valence-electron chi connectivity index (χ0n) is 14.0. The van der Waals surface area contributed by atoms with Gasteiger partial charge in [-0.2, -0.15) is 45.9 Å². The Hall–Kier alpha value is 0.0883. The van der Waals surface area contributed by atoms with Gasteiger partial charge in [0.25, 0.3) is 0 Å². The molecule has 0 N–H and O–H groups in total. The minimum atomic E-state index is 0. The van der Waals surface area contributed by atoms with Crippen LogP contribution in [0.1, 0.15) is 41.5 Å². The third kappa shape index (κ3) is 64.6. The van der Waals surface area contributed by atoms with Crippen molar-refractivity contribution in [3.8, 4) is 0 Å². The van der Waals surface area contributed by atoms with E-state index < -0.39 is 0 Å². The second kappa shape index (κ2) is 15.0. The van der Waals surface area contributed by atoms with Crippen LogP contribution in [0.3, 0.4) is 0 Å². The van der Waals surface area contributed by atoms with Gasteiger partial charge in [-0.25, -0.2) is 24.3 Å². The Morgan fingerprint density at radius 3 is 0.762 bits per heavy atom. The average molecular weight is 404 g/mol. The van der Waals surface area contributed by atoms with E-state index in [1.165, 1.54) is 0 Å². The summed E-state index contributed by atoms with van der Waals surface area (Å²) in [6.45, 7) is 12.0. The maximum atomic E-state index is 4.83. The summed E-state index contributed by atoms with van der Waals surface area (Å²) in [6, 6.07) is 20.0. The predicted octanol–water partition coefficient (Wildman–Crippen LogP) is 5.47. The Kier molecular flexibility index (Phi) is 18.6. The third-order valence-electron chi connectivity index (χ3n) is 1.11. The van der Waals surface area contributed by atoms with Crippen molar-refractivity contribution in [2.45, 2.75) is 51.0 Å². The van der Waals surface area contributed by atoms with Gasteiger partial charge < -0.3 is 25.3 Å². The van der Waals surface area contributed by atoms with Crippen LogP contribution in [0.2, 0.25) is 0 Å². The van der Waals surface area contributed by atoms with Crippen molar-refractivity contribution in [1.82, 2.24) is 0 Å². The summed E-state index contributed by atoms with van der Waals surface area (Å²) < 4.78 is 0.167.